The number of esters is 1. The van der Waals surface area contributed by atoms with Gasteiger partial charge in [0.05, 0.1) is 29.3 Å². The Kier molecular flexibility index (Phi) is 16.9. The van der Waals surface area contributed by atoms with Crippen LogP contribution < -0.4 is 0 Å². The number of thiazole rings is 1. The molecule has 1 heterocycles. The lowest BCUT2D eigenvalue weighted by Crippen LogP contribution is -2.54. The number of carbonyl (C=O) groups excluding carboxylic acids is 2. The summed E-state index contributed by atoms with van der Waals surface area (Å²) in [6.07, 6.45) is 7.57. The molecule has 0 fully saturated rings. The van der Waals surface area contributed by atoms with Crippen LogP contribution in [0.1, 0.15) is 119 Å². The maximum atomic E-state index is 14.8. The highest BCUT2D eigenvalue weighted by Crippen LogP contribution is 2.44. The van der Waals surface area contributed by atoms with Gasteiger partial charge in [-0.25, -0.2) is 4.98 Å². The second-order valence-electron chi connectivity index (χ2n) is 17.7. The van der Waals surface area contributed by atoms with Crippen molar-refractivity contribution in [2.24, 2.45) is 17.3 Å². The lowest BCUT2D eigenvalue weighted by atomic mass is 9.73. The highest BCUT2D eigenvalue weighted by molar-refractivity contribution is 7.09. The Labute approximate surface area is 306 Å². The van der Waals surface area contributed by atoms with E-state index in [1.165, 1.54) is 0 Å². The molecule has 0 aliphatic rings. The third-order valence-corrected chi connectivity index (χ3v) is 20.7. The van der Waals surface area contributed by atoms with Crippen LogP contribution in [0.25, 0.3) is 6.08 Å². The largest absolute Gasteiger partial charge is 0.457 e. The Bertz CT molecular complexity index is 1280. The lowest BCUT2D eigenvalue weighted by molar-refractivity contribution is -0.153. The van der Waals surface area contributed by atoms with Crippen LogP contribution in [-0.2, 0) is 23.2 Å². The Balaban J connectivity index is 3.55. The summed E-state index contributed by atoms with van der Waals surface area (Å²) >= 11 is 1.58. The van der Waals surface area contributed by atoms with Crippen molar-refractivity contribution in [3.63, 3.8) is 0 Å². The molecule has 0 saturated heterocycles. The minimum Gasteiger partial charge on any atom is -0.457 e. The molecule has 280 valence electrons. The van der Waals surface area contributed by atoms with E-state index in [1.807, 2.05) is 52.2 Å². The summed E-state index contributed by atoms with van der Waals surface area (Å²) in [5.74, 6) is -0.562. The first-order valence-electron chi connectivity index (χ1n) is 18.1. The van der Waals surface area contributed by atoms with Gasteiger partial charge in [0.25, 0.3) is 0 Å². The first-order valence-corrected chi connectivity index (χ1v) is 24.8. The summed E-state index contributed by atoms with van der Waals surface area (Å²) in [5, 5.41) is 2.84. The van der Waals surface area contributed by atoms with Gasteiger partial charge in [0.1, 0.15) is 11.9 Å². The third kappa shape index (κ3) is 13.1. The van der Waals surface area contributed by atoms with Crippen LogP contribution in [-0.4, -0.2) is 51.7 Å². The van der Waals surface area contributed by atoms with Gasteiger partial charge < -0.3 is 13.6 Å². The number of Topliss-reactive ketones (excluding diaryl/α,β-unsaturated/α-hetero) is 1. The first kappa shape index (κ1) is 45.4. The van der Waals surface area contributed by atoms with Crippen LogP contribution in [0.3, 0.4) is 0 Å². The van der Waals surface area contributed by atoms with Crippen molar-refractivity contribution in [2.45, 2.75) is 170 Å². The monoisotopic (exact) mass is 733 g/mol. The number of carbonyl (C=O) groups is 2. The zero-order chi connectivity index (χ0) is 38.2. The first-order chi connectivity index (χ1) is 22.2. The Morgan fingerprint density at radius 2 is 1.49 bits per heavy atom. The molecular weight excluding hydrogens is 663 g/mol. The standard InChI is InChI=1S/C40H71NO5SSi2/c1-19-21-22-24-28(3)36(46-49(17,18)39(10,11)12)30(5)37(43)40(13,14)34(45-48(15,16)38(7,8)9)26-35(42)44-33(23-20-2)29(4)25-32-27-47-31(6)41-32/h19-20,25,27-28,30,33-34,36H,1-2,21-24,26H2,3-18H3/t28-,30+,33-,34?,36?/m0/s1. The van der Waals surface area contributed by atoms with Crippen molar-refractivity contribution in [2.75, 3.05) is 0 Å². The van der Waals surface area contributed by atoms with E-state index in [1.54, 1.807) is 17.4 Å². The van der Waals surface area contributed by atoms with Gasteiger partial charge in [-0.15, -0.1) is 24.5 Å². The van der Waals surface area contributed by atoms with E-state index in [0.29, 0.717) is 6.42 Å². The van der Waals surface area contributed by atoms with Gasteiger partial charge in [-0.3, -0.25) is 9.59 Å². The van der Waals surface area contributed by atoms with E-state index in [-0.39, 0.29) is 34.3 Å². The topological polar surface area (TPSA) is 74.7 Å². The van der Waals surface area contributed by atoms with Gasteiger partial charge >= 0.3 is 5.97 Å². The van der Waals surface area contributed by atoms with E-state index in [2.05, 4.69) is 92.8 Å². The predicted molar refractivity (Wildman–Crippen MR) is 215 cm³/mol. The SMILES string of the molecule is C=CCCC[C@H](C)C(O[Si](C)(C)C(C)(C)C)[C@@H](C)C(=O)C(C)(C)C(CC(=O)O[C@@H](CC=C)C(C)=Cc1csc(C)n1)O[Si](C)(C)C(C)(C)C. The summed E-state index contributed by atoms with van der Waals surface area (Å²) in [5.41, 5.74) is 0.749. The van der Waals surface area contributed by atoms with Crippen molar-refractivity contribution in [3.8, 4) is 0 Å². The van der Waals surface area contributed by atoms with Gasteiger partial charge in [-0.2, -0.15) is 0 Å². The van der Waals surface area contributed by atoms with E-state index in [0.717, 1.165) is 35.5 Å². The molecule has 1 aromatic rings. The number of hydrogen-bond donors (Lipinski definition) is 0. The molecule has 0 bridgehead atoms. The van der Waals surface area contributed by atoms with Crippen molar-refractivity contribution in [3.05, 3.63) is 47.0 Å². The number of unbranched alkanes of at least 4 members (excludes halogenated alkanes) is 1. The maximum Gasteiger partial charge on any atom is 0.309 e. The number of hydrogen-bond acceptors (Lipinski definition) is 7. The molecule has 0 aliphatic carbocycles. The maximum absolute atomic E-state index is 14.8. The molecule has 5 atom stereocenters. The van der Waals surface area contributed by atoms with Crippen LogP contribution in [0, 0.1) is 24.2 Å². The number of nitrogens with zero attached hydrogens (tertiary/aromatic N) is 1. The fourth-order valence-corrected chi connectivity index (χ4v) is 8.94. The molecule has 0 N–H and O–H groups in total. The van der Waals surface area contributed by atoms with E-state index < -0.39 is 46.1 Å². The number of allylic oxidation sites excluding steroid dienone is 1. The van der Waals surface area contributed by atoms with Crippen molar-refractivity contribution < 1.29 is 23.2 Å². The molecule has 2 unspecified atom stereocenters. The number of aryl methyl sites for hydroxylation is 1. The van der Waals surface area contributed by atoms with E-state index in [9.17, 15) is 9.59 Å². The van der Waals surface area contributed by atoms with Gasteiger partial charge in [-0.1, -0.05) is 81.4 Å². The molecule has 0 amide bonds. The summed E-state index contributed by atoms with van der Waals surface area (Å²) in [4.78, 5) is 33.3. The molecule has 0 aliphatic heterocycles. The fourth-order valence-electron chi connectivity index (χ4n) is 5.46. The summed E-state index contributed by atoms with van der Waals surface area (Å²) in [6, 6.07) is 0. The normalized spacial score (nSPS) is 16.8. The van der Waals surface area contributed by atoms with Crippen LogP contribution in [0.5, 0.6) is 0 Å². The zero-order valence-electron chi connectivity index (χ0n) is 34.0. The van der Waals surface area contributed by atoms with Gasteiger partial charge in [0.2, 0.25) is 0 Å². The molecule has 0 aromatic carbocycles. The molecule has 0 radical (unpaired) electrons. The number of aromatic nitrogens is 1. The van der Waals surface area contributed by atoms with Crippen molar-refractivity contribution in [1.29, 1.82) is 0 Å². The van der Waals surface area contributed by atoms with Crippen molar-refractivity contribution in [1.82, 2.24) is 4.98 Å². The molecule has 0 saturated carbocycles. The lowest BCUT2D eigenvalue weighted by Gasteiger charge is -2.46. The van der Waals surface area contributed by atoms with E-state index in [4.69, 9.17) is 13.6 Å². The number of rotatable bonds is 20. The molecule has 6 nitrogen and oxygen atoms in total. The second-order valence-corrected chi connectivity index (χ2v) is 28.2. The fraction of sp³-hybridized carbons (Fsp3) is 0.725. The molecule has 9 heteroatoms. The molecule has 1 aromatic heterocycles. The predicted octanol–water partition coefficient (Wildman–Crippen LogP) is 11.7. The Hall–Kier alpha value is -1.66. The second kappa shape index (κ2) is 18.2. The van der Waals surface area contributed by atoms with Crippen LogP contribution in [0.4, 0.5) is 0 Å². The number of ketones is 1. The van der Waals surface area contributed by atoms with E-state index >= 15 is 0 Å². The van der Waals surface area contributed by atoms with Gasteiger partial charge in [-0.05, 0) is 86.9 Å². The van der Waals surface area contributed by atoms with Crippen LogP contribution >= 0.6 is 11.3 Å². The summed E-state index contributed by atoms with van der Waals surface area (Å²) < 4.78 is 20.2. The zero-order valence-corrected chi connectivity index (χ0v) is 36.9. The summed E-state index contributed by atoms with van der Waals surface area (Å²) in [7, 11) is -4.63. The minimum atomic E-state index is -2.41. The highest BCUT2D eigenvalue weighted by atomic mass is 32.1. The quantitative estimate of drug-likeness (QED) is 0.0575. The molecule has 49 heavy (non-hydrogen) atoms. The molecular formula is C40H71NO5SSi2. The van der Waals surface area contributed by atoms with Crippen LogP contribution in [0.15, 0.2) is 36.3 Å². The average molecular weight is 734 g/mol. The average Bonchev–Trinajstić information content (AvgIpc) is 3.37. The summed E-state index contributed by atoms with van der Waals surface area (Å²) in [6.45, 7) is 41.9. The van der Waals surface area contributed by atoms with Gasteiger partial charge in [0, 0.05) is 23.1 Å². The molecule has 1 rings (SSSR count). The third-order valence-electron chi connectivity index (χ3n) is 11.0. The van der Waals surface area contributed by atoms with Crippen molar-refractivity contribution >= 4 is 45.8 Å². The minimum absolute atomic E-state index is 0.00498. The van der Waals surface area contributed by atoms with Gasteiger partial charge in [0.15, 0.2) is 16.6 Å². The number of ether oxygens (including phenoxy) is 1. The molecule has 0 spiro atoms. The highest BCUT2D eigenvalue weighted by Gasteiger charge is 2.50. The Morgan fingerprint density at radius 1 is 0.939 bits per heavy atom. The smallest absolute Gasteiger partial charge is 0.309 e. The van der Waals surface area contributed by atoms with Crippen LogP contribution in [0.2, 0.25) is 36.3 Å². The Morgan fingerprint density at radius 3 is 1.96 bits per heavy atom.